The highest BCUT2D eigenvalue weighted by Gasteiger charge is 2.58. The molecule has 0 amide bonds. The smallest absolute Gasteiger partial charge is 0.0741 e. The molecule has 0 aromatic rings. The second kappa shape index (κ2) is 1.71. The Hall–Kier alpha value is -0.300. The number of aliphatic hydroxyl groups is 1. The van der Waals surface area contributed by atoms with Gasteiger partial charge in [-0.2, -0.15) is 0 Å². The normalized spacial score (nSPS) is 46.8. The van der Waals surface area contributed by atoms with E-state index in [4.69, 9.17) is 0 Å². The standard InChI is InChI=1S/C10H16O/c1-7-8-4-5-10(11,6-8)9(7,2)3/h8,11H,1,4-6H2,2-3H3. The molecule has 2 fully saturated rings. The van der Waals surface area contributed by atoms with Crippen LogP contribution in [0.15, 0.2) is 12.2 Å². The van der Waals surface area contributed by atoms with Crippen molar-refractivity contribution in [2.75, 3.05) is 0 Å². The summed E-state index contributed by atoms with van der Waals surface area (Å²) in [6, 6.07) is 0. The minimum atomic E-state index is -0.422. The van der Waals surface area contributed by atoms with Crippen molar-refractivity contribution in [3.63, 3.8) is 0 Å². The molecule has 2 aliphatic carbocycles. The van der Waals surface area contributed by atoms with Crippen LogP contribution in [0.2, 0.25) is 0 Å². The van der Waals surface area contributed by atoms with Gasteiger partial charge in [0.1, 0.15) is 0 Å². The quantitative estimate of drug-likeness (QED) is 0.527. The molecule has 2 atom stereocenters. The molecule has 2 saturated carbocycles. The van der Waals surface area contributed by atoms with Crippen LogP contribution >= 0.6 is 0 Å². The van der Waals surface area contributed by atoms with E-state index in [2.05, 4.69) is 20.4 Å². The zero-order valence-electron chi connectivity index (χ0n) is 7.35. The maximum Gasteiger partial charge on any atom is 0.0741 e. The maximum atomic E-state index is 10.2. The van der Waals surface area contributed by atoms with Gasteiger partial charge in [-0.15, -0.1) is 0 Å². The largest absolute Gasteiger partial charge is 0.389 e. The van der Waals surface area contributed by atoms with Crippen molar-refractivity contribution in [3.05, 3.63) is 12.2 Å². The Labute approximate surface area is 68.1 Å². The van der Waals surface area contributed by atoms with Crippen molar-refractivity contribution in [1.29, 1.82) is 0 Å². The van der Waals surface area contributed by atoms with Crippen molar-refractivity contribution >= 4 is 0 Å². The Morgan fingerprint density at radius 2 is 2.18 bits per heavy atom. The molecule has 11 heavy (non-hydrogen) atoms. The SMILES string of the molecule is C=C1C2CCC(O)(C2)C1(C)C. The van der Waals surface area contributed by atoms with Gasteiger partial charge in [-0.25, -0.2) is 0 Å². The van der Waals surface area contributed by atoms with Crippen LogP contribution in [0.3, 0.4) is 0 Å². The summed E-state index contributed by atoms with van der Waals surface area (Å²) in [5.41, 5.74) is 0.816. The molecule has 1 N–H and O–H groups in total. The van der Waals surface area contributed by atoms with E-state index in [1.54, 1.807) is 0 Å². The van der Waals surface area contributed by atoms with E-state index in [-0.39, 0.29) is 5.41 Å². The maximum absolute atomic E-state index is 10.2. The minimum Gasteiger partial charge on any atom is -0.389 e. The van der Waals surface area contributed by atoms with Gasteiger partial charge in [-0.05, 0) is 25.2 Å². The fourth-order valence-electron chi connectivity index (χ4n) is 2.70. The molecule has 0 spiro atoms. The second-order valence-corrected chi connectivity index (χ2v) is 4.62. The lowest BCUT2D eigenvalue weighted by Crippen LogP contribution is -2.40. The third-order valence-electron chi connectivity index (χ3n) is 3.95. The molecule has 1 nitrogen and oxygen atoms in total. The van der Waals surface area contributed by atoms with Crippen LogP contribution in [0.5, 0.6) is 0 Å². The summed E-state index contributed by atoms with van der Waals surface area (Å²) in [5, 5.41) is 10.2. The van der Waals surface area contributed by atoms with E-state index >= 15 is 0 Å². The molecule has 62 valence electrons. The first-order valence-corrected chi connectivity index (χ1v) is 4.39. The van der Waals surface area contributed by atoms with Crippen molar-refractivity contribution in [2.45, 2.75) is 38.7 Å². The van der Waals surface area contributed by atoms with Crippen LogP contribution in [-0.4, -0.2) is 10.7 Å². The van der Waals surface area contributed by atoms with E-state index < -0.39 is 5.60 Å². The highest BCUT2D eigenvalue weighted by Crippen LogP contribution is 2.60. The zero-order chi connectivity index (χ0) is 8.28. The molecule has 2 bridgehead atoms. The summed E-state index contributed by atoms with van der Waals surface area (Å²) in [5.74, 6) is 0.606. The molecule has 2 rings (SSSR count). The second-order valence-electron chi connectivity index (χ2n) is 4.62. The lowest BCUT2D eigenvalue weighted by molar-refractivity contribution is -0.0282. The van der Waals surface area contributed by atoms with Crippen LogP contribution < -0.4 is 0 Å². The summed E-state index contributed by atoms with van der Waals surface area (Å²) in [6.07, 6.45) is 3.08. The highest BCUT2D eigenvalue weighted by molar-refractivity contribution is 5.29. The molecular formula is C10H16O. The van der Waals surface area contributed by atoms with E-state index in [9.17, 15) is 5.11 Å². The van der Waals surface area contributed by atoms with Crippen molar-refractivity contribution in [2.24, 2.45) is 11.3 Å². The van der Waals surface area contributed by atoms with Gasteiger partial charge in [0.15, 0.2) is 0 Å². The third-order valence-corrected chi connectivity index (χ3v) is 3.95. The van der Waals surface area contributed by atoms with Gasteiger partial charge in [0.05, 0.1) is 5.60 Å². The molecule has 0 aromatic carbocycles. The third kappa shape index (κ3) is 0.652. The van der Waals surface area contributed by atoms with E-state index in [0.717, 1.165) is 19.3 Å². The van der Waals surface area contributed by atoms with Crippen molar-refractivity contribution in [1.82, 2.24) is 0 Å². The van der Waals surface area contributed by atoms with Crippen LogP contribution in [0.25, 0.3) is 0 Å². The molecule has 0 aromatic heterocycles. The van der Waals surface area contributed by atoms with Gasteiger partial charge in [0.25, 0.3) is 0 Å². The average molecular weight is 152 g/mol. The fourth-order valence-corrected chi connectivity index (χ4v) is 2.70. The predicted octanol–water partition coefficient (Wildman–Crippen LogP) is 2.11. The van der Waals surface area contributed by atoms with E-state index in [1.807, 2.05) is 0 Å². The van der Waals surface area contributed by atoms with Gasteiger partial charge < -0.3 is 5.11 Å². The Balaban J connectivity index is 2.44. The monoisotopic (exact) mass is 152 g/mol. The fraction of sp³-hybridized carbons (Fsp3) is 0.800. The molecule has 0 heterocycles. The van der Waals surface area contributed by atoms with Gasteiger partial charge in [0.2, 0.25) is 0 Å². The van der Waals surface area contributed by atoms with E-state index in [0.29, 0.717) is 5.92 Å². The first-order valence-electron chi connectivity index (χ1n) is 4.39. The lowest BCUT2D eigenvalue weighted by atomic mass is 9.71. The topological polar surface area (TPSA) is 20.2 Å². The number of fused-ring (bicyclic) bond motifs is 2. The first kappa shape index (κ1) is 7.35. The van der Waals surface area contributed by atoms with Gasteiger partial charge in [0, 0.05) is 5.41 Å². The molecule has 1 heteroatoms. The average Bonchev–Trinajstić information content (AvgIpc) is 2.36. The van der Waals surface area contributed by atoms with Crippen LogP contribution in [0.1, 0.15) is 33.1 Å². The molecule has 0 aliphatic heterocycles. The van der Waals surface area contributed by atoms with Crippen molar-refractivity contribution < 1.29 is 5.11 Å². The number of hydrogen-bond acceptors (Lipinski definition) is 1. The molecule has 0 saturated heterocycles. The predicted molar refractivity (Wildman–Crippen MR) is 45.2 cm³/mol. The van der Waals surface area contributed by atoms with Crippen LogP contribution in [0.4, 0.5) is 0 Å². The summed E-state index contributed by atoms with van der Waals surface area (Å²) >= 11 is 0. The Morgan fingerprint density at radius 3 is 2.45 bits per heavy atom. The lowest BCUT2D eigenvalue weighted by Gasteiger charge is -2.38. The minimum absolute atomic E-state index is 0.0318. The Kier molecular flexibility index (Phi) is 1.15. The summed E-state index contributed by atoms with van der Waals surface area (Å²) < 4.78 is 0. The zero-order valence-corrected chi connectivity index (χ0v) is 7.35. The summed E-state index contributed by atoms with van der Waals surface area (Å²) in [4.78, 5) is 0. The van der Waals surface area contributed by atoms with Gasteiger partial charge in [-0.1, -0.05) is 26.0 Å². The van der Waals surface area contributed by atoms with Gasteiger partial charge in [-0.3, -0.25) is 0 Å². The number of rotatable bonds is 0. The molecule has 0 radical (unpaired) electrons. The highest BCUT2D eigenvalue weighted by atomic mass is 16.3. The molecule has 2 aliphatic rings. The van der Waals surface area contributed by atoms with Gasteiger partial charge >= 0.3 is 0 Å². The Bertz CT molecular complexity index is 217. The summed E-state index contributed by atoms with van der Waals surface area (Å²) in [6.45, 7) is 8.31. The van der Waals surface area contributed by atoms with Crippen LogP contribution in [-0.2, 0) is 0 Å². The van der Waals surface area contributed by atoms with E-state index in [1.165, 1.54) is 5.57 Å². The molecule has 2 unspecified atom stereocenters. The first-order chi connectivity index (χ1) is 4.97. The van der Waals surface area contributed by atoms with Crippen LogP contribution in [0, 0.1) is 11.3 Å². The van der Waals surface area contributed by atoms with Crippen molar-refractivity contribution in [3.8, 4) is 0 Å². The Morgan fingerprint density at radius 1 is 1.55 bits per heavy atom. The summed E-state index contributed by atoms with van der Waals surface area (Å²) in [7, 11) is 0. The number of hydrogen-bond donors (Lipinski definition) is 1. The molecular weight excluding hydrogens is 136 g/mol.